The minimum absolute atomic E-state index is 0.0898. The molecule has 1 unspecified atom stereocenters. The molecule has 2 heterocycles. The maximum Gasteiger partial charge on any atom is 0.321 e. The molecule has 0 radical (unpaired) electrons. The maximum atomic E-state index is 12.3. The second-order valence-corrected chi connectivity index (χ2v) is 9.27. The Morgan fingerprint density at radius 3 is 2.25 bits per heavy atom. The second-order valence-electron chi connectivity index (χ2n) is 6.17. The van der Waals surface area contributed by atoms with Crippen LogP contribution in [-0.2, 0) is 9.84 Å². The quantitative estimate of drug-likeness (QED) is 0.839. The molecule has 2 aliphatic heterocycles. The van der Waals surface area contributed by atoms with Crippen molar-refractivity contribution in [3.8, 4) is 0 Å². The lowest BCUT2D eigenvalue weighted by atomic mass is 10.2. The lowest BCUT2D eigenvalue weighted by Crippen LogP contribution is -2.53. The van der Waals surface area contributed by atoms with E-state index < -0.39 is 9.84 Å². The zero-order valence-corrected chi connectivity index (χ0v) is 15.4. The first-order chi connectivity index (χ1) is 11.3. The van der Waals surface area contributed by atoms with Crippen molar-refractivity contribution in [3.63, 3.8) is 0 Å². The Balaban J connectivity index is 1.53. The third kappa shape index (κ3) is 4.33. The zero-order chi connectivity index (χ0) is 17.3. The summed E-state index contributed by atoms with van der Waals surface area (Å²) < 4.78 is 23.2. The molecule has 2 fully saturated rings. The summed E-state index contributed by atoms with van der Waals surface area (Å²) in [4.78, 5) is 16.2. The number of carbonyl (C=O) groups is 1. The van der Waals surface area contributed by atoms with Crippen LogP contribution in [0, 0.1) is 0 Å². The number of benzene rings is 1. The highest BCUT2D eigenvalue weighted by Gasteiger charge is 2.34. The van der Waals surface area contributed by atoms with Gasteiger partial charge >= 0.3 is 6.03 Å². The smallest absolute Gasteiger partial charge is 0.321 e. The Labute approximate surface area is 151 Å². The minimum Gasteiger partial charge on any atom is -0.322 e. The van der Waals surface area contributed by atoms with Gasteiger partial charge in [-0.15, -0.1) is 0 Å². The van der Waals surface area contributed by atoms with Crippen molar-refractivity contribution in [1.82, 2.24) is 9.80 Å². The third-order valence-corrected chi connectivity index (χ3v) is 6.63. The molecule has 2 aliphatic rings. The average Bonchev–Trinajstić information content (AvgIpc) is 2.86. The van der Waals surface area contributed by atoms with Crippen molar-refractivity contribution < 1.29 is 13.2 Å². The van der Waals surface area contributed by atoms with Crippen molar-refractivity contribution >= 4 is 44.8 Å². The number of sulfone groups is 1. The fraction of sp³-hybridized carbons (Fsp3) is 0.533. The number of anilines is 1. The van der Waals surface area contributed by atoms with Crippen molar-refractivity contribution in [2.45, 2.75) is 12.5 Å². The molecule has 0 aliphatic carbocycles. The molecule has 1 N–H and O–H groups in total. The highest BCUT2D eigenvalue weighted by molar-refractivity contribution is 7.91. The predicted octanol–water partition coefficient (Wildman–Crippen LogP) is 2.33. The summed E-state index contributed by atoms with van der Waals surface area (Å²) in [5, 5.41) is 3.72. The standard InChI is InChI=1S/C15H19Cl2N3O3S/c16-11-7-12(17)9-13(8-11)18-15(21)20-4-2-19(3-5-20)14-1-6-24(22,23)10-14/h7-9,14H,1-6,10H2,(H,18,21). The number of amides is 2. The number of hydrogen-bond acceptors (Lipinski definition) is 4. The molecule has 9 heteroatoms. The molecular formula is C15H19Cl2N3O3S. The Morgan fingerprint density at radius 1 is 1.08 bits per heavy atom. The first kappa shape index (κ1) is 17.8. The zero-order valence-electron chi connectivity index (χ0n) is 13.0. The van der Waals surface area contributed by atoms with E-state index in [9.17, 15) is 13.2 Å². The van der Waals surface area contributed by atoms with E-state index in [0.29, 0.717) is 48.3 Å². The van der Waals surface area contributed by atoms with Gasteiger partial charge in [0.25, 0.3) is 0 Å². The average molecular weight is 392 g/mol. The van der Waals surface area contributed by atoms with E-state index in [-0.39, 0.29) is 23.6 Å². The molecule has 2 amide bonds. The molecule has 1 aromatic rings. The van der Waals surface area contributed by atoms with Gasteiger partial charge in [-0.25, -0.2) is 13.2 Å². The van der Waals surface area contributed by atoms with Crippen molar-refractivity contribution in [2.24, 2.45) is 0 Å². The van der Waals surface area contributed by atoms with Crippen LogP contribution < -0.4 is 5.32 Å². The topological polar surface area (TPSA) is 69.7 Å². The number of carbonyl (C=O) groups excluding carboxylic acids is 1. The van der Waals surface area contributed by atoms with Gasteiger partial charge in [0.2, 0.25) is 0 Å². The molecule has 0 aromatic heterocycles. The van der Waals surface area contributed by atoms with Crippen LogP contribution in [0.15, 0.2) is 18.2 Å². The van der Waals surface area contributed by atoms with Crippen LogP contribution in [0.5, 0.6) is 0 Å². The number of piperazine rings is 1. The molecule has 6 nitrogen and oxygen atoms in total. The minimum atomic E-state index is -2.88. The van der Waals surface area contributed by atoms with Gasteiger partial charge in [-0.3, -0.25) is 4.90 Å². The van der Waals surface area contributed by atoms with Crippen LogP contribution in [0.4, 0.5) is 10.5 Å². The van der Waals surface area contributed by atoms with E-state index in [1.807, 2.05) is 0 Å². The summed E-state index contributed by atoms with van der Waals surface area (Å²) in [7, 11) is -2.88. The van der Waals surface area contributed by atoms with E-state index in [2.05, 4.69) is 10.2 Å². The molecule has 132 valence electrons. The van der Waals surface area contributed by atoms with E-state index in [4.69, 9.17) is 23.2 Å². The van der Waals surface area contributed by atoms with Crippen LogP contribution in [0.2, 0.25) is 10.0 Å². The summed E-state index contributed by atoms with van der Waals surface area (Å²) >= 11 is 11.9. The number of rotatable bonds is 2. The van der Waals surface area contributed by atoms with Gasteiger partial charge in [-0.1, -0.05) is 23.2 Å². The number of nitrogens with one attached hydrogen (secondary N) is 1. The van der Waals surface area contributed by atoms with Gasteiger partial charge in [-0.05, 0) is 24.6 Å². The Bertz CT molecular complexity index is 713. The van der Waals surface area contributed by atoms with E-state index in [1.165, 1.54) is 0 Å². The van der Waals surface area contributed by atoms with Gasteiger partial charge in [0.05, 0.1) is 11.5 Å². The summed E-state index contributed by atoms with van der Waals surface area (Å²) in [6, 6.07) is 4.78. The van der Waals surface area contributed by atoms with Crippen LogP contribution in [-0.4, -0.2) is 68.0 Å². The van der Waals surface area contributed by atoms with Gasteiger partial charge in [-0.2, -0.15) is 0 Å². The number of hydrogen-bond donors (Lipinski definition) is 1. The molecule has 2 saturated heterocycles. The maximum absolute atomic E-state index is 12.3. The van der Waals surface area contributed by atoms with Crippen LogP contribution in [0.1, 0.15) is 6.42 Å². The fourth-order valence-corrected chi connectivity index (χ4v) is 5.47. The molecule has 1 aromatic carbocycles. The summed E-state index contributed by atoms with van der Waals surface area (Å²) in [5.74, 6) is 0.508. The lowest BCUT2D eigenvalue weighted by Gasteiger charge is -2.37. The molecule has 24 heavy (non-hydrogen) atoms. The van der Waals surface area contributed by atoms with E-state index in [1.54, 1.807) is 23.1 Å². The molecular weight excluding hydrogens is 373 g/mol. The molecule has 0 saturated carbocycles. The third-order valence-electron chi connectivity index (χ3n) is 4.44. The number of halogens is 2. The predicted molar refractivity (Wildman–Crippen MR) is 95.7 cm³/mol. The van der Waals surface area contributed by atoms with Crippen LogP contribution in [0.3, 0.4) is 0 Å². The van der Waals surface area contributed by atoms with Gasteiger partial charge < -0.3 is 10.2 Å². The van der Waals surface area contributed by atoms with Gasteiger partial charge in [0, 0.05) is 48.0 Å². The monoisotopic (exact) mass is 391 g/mol. The Morgan fingerprint density at radius 2 is 1.71 bits per heavy atom. The fourth-order valence-electron chi connectivity index (χ4n) is 3.18. The first-order valence-electron chi connectivity index (χ1n) is 7.79. The van der Waals surface area contributed by atoms with Crippen molar-refractivity contribution in [3.05, 3.63) is 28.2 Å². The van der Waals surface area contributed by atoms with Crippen molar-refractivity contribution in [2.75, 3.05) is 43.0 Å². The Hall–Kier alpha value is -1.02. The summed E-state index contributed by atoms with van der Waals surface area (Å²) in [6.07, 6.45) is 0.690. The largest absolute Gasteiger partial charge is 0.322 e. The second kappa shape index (κ2) is 7.07. The molecule has 1 atom stereocenters. The van der Waals surface area contributed by atoms with Gasteiger partial charge in [0.15, 0.2) is 9.84 Å². The molecule has 0 spiro atoms. The highest BCUT2D eigenvalue weighted by atomic mass is 35.5. The van der Waals surface area contributed by atoms with Crippen LogP contribution in [0.25, 0.3) is 0 Å². The van der Waals surface area contributed by atoms with Gasteiger partial charge in [0.1, 0.15) is 0 Å². The summed E-state index contributed by atoms with van der Waals surface area (Å²) in [6.45, 7) is 2.50. The highest BCUT2D eigenvalue weighted by Crippen LogP contribution is 2.23. The normalized spacial score (nSPS) is 24.1. The van der Waals surface area contributed by atoms with E-state index in [0.717, 1.165) is 0 Å². The number of urea groups is 1. The van der Waals surface area contributed by atoms with E-state index >= 15 is 0 Å². The Kier molecular flexibility index (Phi) is 5.24. The van der Waals surface area contributed by atoms with Crippen LogP contribution >= 0.6 is 23.2 Å². The van der Waals surface area contributed by atoms with Crippen molar-refractivity contribution in [1.29, 1.82) is 0 Å². The molecule has 0 bridgehead atoms. The summed E-state index contributed by atoms with van der Waals surface area (Å²) in [5.41, 5.74) is 0.557. The number of nitrogens with zero attached hydrogens (tertiary/aromatic N) is 2. The first-order valence-corrected chi connectivity index (χ1v) is 10.4. The lowest BCUT2D eigenvalue weighted by molar-refractivity contribution is 0.121. The molecule has 3 rings (SSSR count). The SMILES string of the molecule is O=C(Nc1cc(Cl)cc(Cl)c1)N1CCN(C2CCS(=O)(=O)C2)CC1.